The molecular formula is C19H20ClN3O3. The number of hydrogen-bond donors (Lipinski definition) is 3. The van der Waals surface area contributed by atoms with Crippen LogP contribution < -0.4 is 16.4 Å². The van der Waals surface area contributed by atoms with Crippen LogP contribution in [0, 0.1) is 0 Å². The van der Waals surface area contributed by atoms with Crippen LogP contribution in [-0.2, 0) is 0 Å². The van der Waals surface area contributed by atoms with Gasteiger partial charge in [-0.1, -0.05) is 11.6 Å². The predicted molar refractivity (Wildman–Crippen MR) is 102 cm³/mol. The fourth-order valence-corrected chi connectivity index (χ4v) is 2.32. The van der Waals surface area contributed by atoms with Crippen molar-refractivity contribution in [3.05, 3.63) is 64.2 Å². The van der Waals surface area contributed by atoms with Crippen LogP contribution >= 0.6 is 11.6 Å². The van der Waals surface area contributed by atoms with E-state index in [4.69, 9.17) is 17.3 Å². The molecule has 0 radical (unpaired) electrons. The summed E-state index contributed by atoms with van der Waals surface area (Å²) in [5.74, 6) is -1.26. The number of nitrogens with two attached hydrogens (primary N) is 1. The zero-order valence-corrected chi connectivity index (χ0v) is 15.5. The fourth-order valence-electron chi connectivity index (χ4n) is 2.15. The Balaban J connectivity index is 2.15. The van der Waals surface area contributed by atoms with Crippen LogP contribution in [0.1, 0.15) is 51.8 Å². The number of rotatable bonds is 4. The highest BCUT2D eigenvalue weighted by Crippen LogP contribution is 2.23. The number of carbonyl (C=O) groups is 3. The molecule has 0 aliphatic rings. The number of amides is 3. The van der Waals surface area contributed by atoms with E-state index in [1.165, 1.54) is 18.2 Å². The Bertz CT molecular complexity index is 855. The van der Waals surface area contributed by atoms with E-state index in [0.717, 1.165) is 0 Å². The Hall–Kier alpha value is -2.86. The Morgan fingerprint density at radius 3 is 1.88 bits per heavy atom. The summed E-state index contributed by atoms with van der Waals surface area (Å²) in [4.78, 5) is 35.7. The molecule has 136 valence electrons. The molecule has 0 aliphatic carbocycles. The van der Waals surface area contributed by atoms with Crippen molar-refractivity contribution in [1.82, 2.24) is 5.32 Å². The van der Waals surface area contributed by atoms with Gasteiger partial charge in [0.15, 0.2) is 0 Å². The van der Waals surface area contributed by atoms with Gasteiger partial charge in [0.1, 0.15) is 0 Å². The average Bonchev–Trinajstić information content (AvgIpc) is 2.55. The van der Waals surface area contributed by atoms with Gasteiger partial charge in [-0.3, -0.25) is 14.4 Å². The van der Waals surface area contributed by atoms with Crippen molar-refractivity contribution >= 4 is 35.0 Å². The summed E-state index contributed by atoms with van der Waals surface area (Å²) in [6.45, 7) is 5.66. The molecule has 0 atom stereocenters. The zero-order chi connectivity index (χ0) is 19.5. The number of nitrogens with one attached hydrogen (secondary N) is 2. The van der Waals surface area contributed by atoms with Gasteiger partial charge < -0.3 is 16.4 Å². The molecule has 0 unspecified atom stereocenters. The quantitative estimate of drug-likeness (QED) is 0.766. The van der Waals surface area contributed by atoms with Gasteiger partial charge in [-0.2, -0.15) is 0 Å². The fraction of sp³-hybridized carbons (Fsp3) is 0.211. The molecule has 0 bridgehead atoms. The molecule has 6 nitrogen and oxygen atoms in total. The molecule has 2 rings (SSSR count). The lowest BCUT2D eigenvalue weighted by Gasteiger charge is -2.20. The first-order chi connectivity index (χ1) is 12.1. The third-order valence-corrected chi connectivity index (χ3v) is 3.73. The second-order valence-corrected chi connectivity index (χ2v) is 7.20. The van der Waals surface area contributed by atoms with Crippen LogP contribution in [0.2, 0.25) is 5.02 Å². The van der Waals surface area contributed by atoms with Crippen molar-refractivity contribution < 1.29 is 14.4 Å². The highest BCUT2D eigenvalue weighted by molar-refractivity contribution is 6.34. The molecule has 0 saturated carbocycles. The van der Waals surface area contributed by atoms with Gasteiger partial charge in [0.25, 0.3) is 11.8 Å². The van der Waals surface area contributed by atoms with Gasteiger partial charge in [0, 0.05) is 22.2 Å². The summed E-state index contributed by atoms with van der Waals surface area (Å²) in [5.41, 5.74) is 6.19. The van der Waals surface area contributed by atoms with Crippen molar-refractivity contribution in [3.63, 3.8) is 0 Å². The van der Waals surface area contributed by atoms with Crippen LogP contribution in [0.15, 0.2) is 42.5 Å². The molecule has 2 aromatic carbocycles. The summed E-state index contributed by atoms with van der Waals surface area (Å²) in [5, 5.41) is 5.76. The first-order valence-electron chi connectivity index (χ1n) is 7.90. The molecule has 3 amide bonds. The van der Waals surface area contributed by atoms with Crippen molar-refractivity contribution in [2.24, 2.45) is 5.73 Å². The normalized spacial score (nSPS) is 10.9. The minimum absolute atomic E-state index is 0.221. The topological polar surface area (TPSA) is 101 Å². The Morgan fingerprint density at radius 2 is 1.38 bits per heavy atom. The molecule has 0 spiro atoms. The first kappa shape index (κ1) is 19.5. The van der Waals surface area contributed by atoms with Gasteiger partial charge in [0.2, 0.25) is 5.91 Å². The molecular weight excluding hydrogens is 354 g/mol. The lowest BCUT2D eigenvalue weighted by Crippen LogP contribution is -2.40. The predicted octanol–water partition coefficient (Wildman–Crippen LogP) is 3.22. The lowest BCUT2D eigenvalue weighted by atomic mass is 10.1. The summed E-state index contributed by atoms with van der Waals surface area (Å²) in [7, 11) is 0. The Morgan fingerprint density at radius 1 is 0.885 bits per heavy atom. The van der Waals surface area contributed by atoms with E-state index in [-0.39, 0.29) is 27.7 Å². The van der Waals surface area contributed by atoms with E-state index in [1.807, 2.05) is 20.8 Å². The Kier molecular flexibility index (Phi) is 5.67. The highest BCUT2D eigenvalue weighted by Gasteiger charge is 2.16. The average molecular weight is 374 g/mol. The molecule has 0 saturated heterocycles. The first-order valence-corrected chi connectivity index (χ1v) is 8.28. The number of carbonyl (C=O) groups excluding carboxylic acids is 3. The zero-order valence-electron chi connectivity index (χ0n) is 14.7. The maximum Gasteiger partial charge on any atom is 0.255 e. The number of halogens is 1. The van der Waals surface area contributed by atoms with Crippen LogP contribution in [0.4, 0.5) is 5.69 Å². The number of primary amides is 1. The van der Waals surface area contributed by atoms with E-state index < -0.39 is 11.8 Å². The van der Waals surface area contributed by atoms with Crippen molar-refractivity contribution in [2.75, 3.05) is 5.32 Å². The van der Waals surface area contributed by atoms with Gasteiger partial charge in [-0.05, 0) is 63.2 Å². The third kappa shape index (κ3) is 5.07. The second-order valence-electron chi connectivity index (χ2n) is 6.79. The van der Waals surface area contributed by atoms with E-state index in [2.05, 4.69) is 10.6 Å². The van der Waals surface area contributed by atoms with E-state index in [1.54, 1.807) is 24.3 Å². The largest absolute Gasteiger partial charge is 0.366 e. The third-order valence-electron chi connectivity index (χ3n) is 3.40. The van der Waals surface area contributed by atoms with Crippen LogP contribution in [-0.4, -0.2) is 23.3 Å². The highest BCUT2D eigenvalue weighted by atomic mass is 35.5. The molecule has 26 heavy (non-hydrogen) atoms. The molecule has 2 aromatic rings. The molecule has 0 aromatic heterocycles. The summed E-state index contributed by atoms with van der Waals surface area (Å²) in [6, 6.07) is 10.6. The molecule has 0 aliphatic heterocycles. The molecule has 0 heterocycles. The van der Waals surface area contributed by atoms with E-state index in [9.17, 15) is 14.4 Å². The summed E-state index contributed by atoms with van der Waals surface area (Å²) >= 11 is 6.04. The van der Waals surface area contributed by atoms with Crippen LogP contribution in [0.5, 0.6) is 0 Å². The molecule has 0 fully saturated rings. The standard InChI is InChI=1S/C19H20ClN3O3/c1-19(2,3)23-18(26)12-6-4-11(5-7-12)17(25)22-15-10-13(16(21)24)8-9-14(15)20/h4-10H,1-3H3,(H2,21,24)(H,22,25)(H,23,26). The number of benzene rings is 2. The van der Waals surface area contributed by atoms with Gasteiger partial charge in [-0.15, -0.1) is 0 Å². The maximum atomic E-state index is 12.4. The summed E-state index contributed by atoms with van der Waals surface area (Å²) in [6.07, 6.45) is 0. The monoisotopic (exact) mass is 373 g/mol. The Labute approximate surface area is 156 Å². The van der Waals surface area contributed by atoms with Gasteiger partial charge in [-0.25, -0.2) is 0 Å². The minimum Gasteiger partial charge on any atom is -0.366 e. The molecule has 4 N–H and O–H groups in total. The van der Waals surface area contributed by atoms with Crippen LogP contribution in [0.3, 0.4) is 0 Å². The maximum absolute atomic E-state index is 12.4. The summed E-state index contributed by atoms with van der Waals surface area (Å²) < 4.78 is 0. The van der Waals surface area contributed by atoms with Gasteiger partial charge in [0.05, 0.1) is 10.7 Å². The van der Waals surface area contributed by atoms with Crippen molar-refractivity contribution in [1.29, 1.82) is 0 Å². The molecule has 7 heteroatoms. The second kappa shape index (κ2) is 7.58. The van der Waals surface area contributed by atoms with Crippen molar-refractivity contribution in [2.45, 2.75) is 26.3 Å². The number of anilines is 1. The minimum atomic E-state index is -0.619. The number of hydrogen-bond acceptors (Lipinski definition) is 3. The van der Waals surface area contributed by atoms with Crippen molar-refractivity contribution in [3.8, 4) is 0 Å². The van der Waals surface area contributed by atoms with E-state index in [0.29, 0.717) is 11.1 Å². The van der Waals surface area contributed by atoms with E-state index >= 15 is 0 Å². The van der Waals surface area contributed by atoms with Crippen LogP contribution in [0.25, 0.3) is 0 Å². The lowest BCUT2D eigenvalue weighted by molar-refractivity contribution is 0.0917. The smallest absolute Gasteiger partial charge is 0.255 e. The SMILES string of the molecule is CC(C)(C)NC(=O)c1ccc(C(=O)Nc2cc(C(N)=O)ccc2Cl)cc1. The van der Waals surface area contributed by atoms with Gasteiger partial charge >= 0.3 is 0 Å².